The van der Waals surface area contributed by atoms with Crippen LogP contribution in [0, 0.1) is 5.92 Å². The van der Waals surface area contributed by atoms with Crippen LogP contribution in [0.2, 0.25) is 0 Å². The average molecular weight is 257 g/mol. The molecule has 3 nitrogen and oxygen atoms in total. The van der Waals surface area contributed by atoms with Crippen molar-refractivity contribution < 1.29 is 0 Å². The third kappa shape index (κ3) is 3.93. The first kappa shape index (κ1) is 13.8. The molecule has 0 bridgehead atoms. The van der Waals surface area contributed by atoms with Crippen LogP contribution in [0.15, 0.2) is 43.0 Å². The van der Waals surface area contributed by atoms with Crippen molar-refractivity contribution in [1.29, 1.82) is 0 Å². The van der Waals surface area contributed by atoms with Gasteiger partial charge in [-0.1, -0.05) is 38.8 Å². The number of aromatic nitrogens is 2. The van der Waals surface area contributed by atoms with Gasteiger partial charge in [0.05, 0.1) is 6.33 Å². The topological polar surface area (TPSA) is 29.9 Å². The van der Waals surface area contributed by atoms with Gasteiger partial charge in [-0.3, -0.25) is 0 Å². The Morgan fingerprint density at radius 2 is 1.89 bits per heavy atom. The van der Waals surface area contributed by atoms with Crippen molar-refractivity contribution in [3.05, 3.63) is 48.5 Å². The lowest BCUT2D eigenvalue weighted by Gasteiger charge is -2.13. The molecule has 1 aromatic carbocycles. The highest BCUT2D eigenvalue weighted by atomic mass is 15.0. The van der Waals surface area contributed by atoms with Crippen LogP contribution < -0.4 is 5.32 Å². The molecule has 19 heavy (non-hydrogen) atoms. The van der Waals surface area contributed by atoms with E-state index in [0.29, 0.717) is 0 Å². The molecular formula is C16H23N3. The predicted molar refractivity (Wildman–Crippen MR) is 79.3 cm³/mol. The highest BCUT2D eigenvalue weighted by molar-refractivity contribution is 5.34. The fraction of sp³-hybridized carbons (Fsp3) is 0.438. The molecule has 0 unspecified atom stereocenters. The Kier molecular flexibility index (Phi) is 5.16. The van der Waals surface area contributed by atoms with Gasteiger partial charge in [0.15, 0.2) is 0 Å². The van der Waals surface area contributed by atoms with Crippen LogP contribution in [0.5, 0.6) is 0 Å². The molecule has 102 valence electrons. The third-order valence-electron chi connectivity index (χ3n) is 3.66. The van der Waals surface area contributed by atoms with Gasteiger partial charge in [-0.2, -0.15) is 0 Å². The van der Waals surface area contributed by atoms with Crippen molar-refractivity contribution in [2.75, 3.05) is 6.54 Å². The fourth-order valence-electron chi connectivity index (χ4n) is 2.20. The minimum absolute atomic E-state index is 0.797. The maximum absolute atomic E-state index is 4.06. The van der Waals surface area contributed by atoms with Crippen molar-refractivity contribution in [3.8, 4) is 5.69 Å². The van der Waals surface area contributed by atoms with E-state index in [1.807, 2.05) is 17.1 Å². The Labute approximate surface area is 115 Å². The van der Waals surface area contributed by atoms with Gasteiger partial charge in [-0.25, -0.2) is 4.98 Å². The van der Waals surface area contributed by atoms with Gasteiger partial charge in [-0.05, 0) is 30.2 Å². The first-order valence-electron chi connectivity index (χ1n) is 7.11. The molecule has 0 saturated heterocycles. The van der Waals surface area contributed by atoms with Crippen LogP contribution >= 0.6 is 0 Å². The number of imidazole rings is 1. The zero-order chi connectivity index (χ0) is 13.5. The maximum atomic E-state index is 4.06. The van der Waals surface area contributed by atoms with Crippen molar-refractivity contribution in [1.82, 2.24) is 14.9 Å². The normalized spacial score (nSPS) is 11.1. The zero-order valence-corrected chi connectivity index (χ0v) is 11.8. The molecule has 0 aliphatic carbocycles. The summed E-state index contributed by atoms with van der Waals surface area (Å²) in [6, 6.07) is 8.62. The Hall–Kier alpha value is -1.61. The first-order valence-corrected chi connectivity index (χ1v) is 7.11. The minimum atomic E-state index is 0.797. The Morgan fingerprint density at radius 3 is 2.47 bits per heavy atom. The van der Waals surface area contributed by atoms with Crippen LogP contribution in [-0.2, 0) is 6.54 Å². The first-order chi connectivity index (χ1) is 9.33. The van der Waals surface area contributed by atoms with Gasteiger partial charge in [0.2, 0.25) is 0 Å². The van der Waals surface area contributed by atoms with Crippen molar-refractivity contribution >= 4 is 0 Å². The number of nitrogens with one attached hydrogen (secondary N) is 1. The van der Waals surface area contributed by atoms with E-state index in [0.717, 1.165) is 24.7 Å². The summed E-state index contributed by atoms with van der Waals surface area (Å²) in [5, 5.41) is 3.54. The van der Waals surface area contributed by atoms with E-state index in [9.17, 15) is 0 Å². The molecule has 2 aromatic rings. The molecule has 0 amide bonds. The largest absolute Gasteiger partial charge is 0.312 e. The van der Waals surface area contributed by atoms with Gasteiger partial charge in [0.25, 0.3) is 0 Å². The van der Waals surface area contributed by atoms with E-state index in [1.165, 1.54) is 18.4 Å². The molecule has 1 N–H and O–H groups in total. The van der Waals surface area contributed by atoms with E-state index >= 15 is 0 Å². The van der Waals surface area contributed by atoms with Gasteiger partial charge in [0, 0.05) is 24.6 Å². The summed E-state index contributed by atoms with van der Waals surface area (Å²) < 4.78 is 2.02. The molecule has 0 fully saturated rings. The van der Waals surface area contributed by atoms with E-state index in [-0.39, 0.29) is 0 Å². The van der Waals surface area contributed by atoms with Crippen LogP contribution in [0.3, 0.4) is 0 Å². The monoisotopic (exact) mass is 257 g/mol. The molecule has 3 heteroatoms. The zero-order valence-electron chi connectivity index (χ0n) is 11.8. The van der Waals surface area contributed by atoms with Crippen LogP contribution in [-0.4, -0.2) is 16.1 Å². The molecule has 2 rings (SSSR count). The third-order valence-corrected chi connectivity index (χ3v) is 3.66. The highest BCUT2D eigenvalue weighted by Crippen LogP contribution is 2.10. The van der Waals surface area contributed by atoms with E-state index in [4.69, 9.17) is 0 Å². The van der Waals surface area contributed by atoms with Crippen LogP contribution in [0.4, 0.5) is 0 Å². The number of hydrogen-bond donors (Lipinski definition) is 1. The summed E-state index contributed by atoms with van der Waals surface area (Å²) in [5.41, 5.74) is 2.48. The lowest BCUT2D eigenvalue weighted by atomic mass is 10.0. The average Bonchev–Trinajstić information content (AvgIpc) is 2.98. The minimum Gasteiger partial charge on any atom is -0.312 e. The summed E-state index contributed by atoms with van der Waals surface area (Å²) in [6.07, 6.45) is 8.08. The number of nitrogens with zero attached hydrogens (tertiary/aromatic N) is 2. The van der Waals surface area contributed by atoms with Crippen molar-refractivity contribution in [3.63, 3.8) is 0 Å². The molecule has 0 aliphatic heterocycles. The van der Waals surface area contributed by atoms with E-state index < -0.39 is 0 Å². The molecule has 1 heterocycles. The molecule has 0 aliphatic rings. The number of benzene rings is 1. The Morgan fingerprint density at radius 1 is 1.16 bits per heavy atom. The maximum Gasteiger partial charge on any atom is 0.0991 e. The second-order valence-corrected chi connectivity index (χ2v) is 4.95. The van der Waals surface area contributed by atoms with Gasteiger partial charge >= 0.3 is 0 Å². The summed E-state index contributed by atoms with van der Waals surface area (Å²) in [5.74, 6) is 0.797. The molecule has 0 saturated carbocycles. The predicted octanol–water partition coefficient (Wildman–Crippen LogP) is 3.40. The highest BCUT2D eigenvalue weighted by Gasteiger charge is 2.02. The molecule has 1 aromatic heterocycles. The number of hydrogen-bond acceptors (Lipinski definition) is 2. The smallest absolute Gasteiger partial charge is 0.0991 e. The summed E-state index contributed by atoms with van der Waals surface area (Å²) in [7, 11) is 0. The standard InChI is InChI=1S/C16H23N3/c1-3-14(4-2)11-18-12-15-5-7-16(8-6-15)19-10-9-17-13-19/h5-10,13-14,18H,3-4,11-12H2,1-2H3. The molecule has 0 radical (unpaired) electrons. The van der Waals surface area contributed by atoms with Crippen molar-refractivity contribution in [2.24, 2.45) is 5.92 Å². The summed E-state index contributed by atoms with van der Waals surface area (Å²) >= 11 is 0. The summed E-state index contributed by atoms with van der Waals surface area (Å²) in [6.45, 7) is 6.57. The van der Waals surface area contributed by atoms with E-state index in [2.05, 4.69) is 48.4 Å². The van der Waals surface area contributed by atoms with Crippen LogP contribution in [0.1, 0.15) is 32.3 Å². The van der Waals surface area contributed by atoms with Gasteiger partial charge in [-0.15, -0.1) is 0 Å². The number of rotatable bonds is 7. The second-order valence-electron chi connectivity index (χ2n) is 4.95. The van der Waals surface area contributed by atoms with Crippen molar-refractivity contribution in [2.45, 2.75) is 33.2 Å². The molecule has 0 atom stereocenters. The van der Waals surface area contributed by atoms with Crippen LogP contribution in [0.25, 0.3) is 5.69 Å². The van der Waals surface area contributed by atoms with E-state index in [1.54, 1.807) is 6.20 Å². The fourth-order valence-corrected chi connectivity index (χ4v) is 2.20. The molecular weight excluding hydrogens is 234 g/mol. The lowest BCUT2D eigenvalue weighted by Crippen LogP contribution is -2.21. The SMILES string of the molecule is CCC(CC)CNCc1ccc(-n2ccnc2)cc1. The quantitative estimate of drug-likeness (QED) is 0.824. The lowest BCUT2D eigenvalue weighted by molar-refractivity contribution is 0.449. The Bertz CT molecular complexity index is 455. The second kappa shape index (κ2) is 7.10. The Balaban J connectivity index is 1.85. The van der Waals surface area contributed by atoms with Gasteiger partial charge in [0.1, 0.15) is 0 Å². The summed E-state index contributed by atoms with van der Waals surface area (Å²) in [4.78, 5) is 4.06. The van der Waals surface area contributed by atoms with Gasteiger partial charge < -0.3 is 9.88 Å². The molecule has 0 spiro atoms.